The van der Waals surface area contributed by atoms with Crippen LogP contribution >= 0.6 is 11.3 Å². The first-order valence-corrected chi connectivity index (χ1v) is 14.9. The van der Waals surface area contributed by atoms with Crippen molar-refractivity contribution < 1.29 is 18.4 Å². The summed E-state index contributed by atoms with van der Waals surface area (Å²) in [4.78, 5) is 16.3. The lowest BCUT2D eigenvalue weighted by atomic mass is 9.88. The fourth-order valence-electron chi connectivity index (χ4n) is 5.47. The van der Waals surface area contributed by atoms with Crippen molar-refractivity contribution in [3.8, 4) is 10.4 Å². The number of carbonyl (C=O) groups excluding carboxylic acids is 1. The molecule has 1 saturated carbocycles. The Bertz CT molecular complexity index is 1070. The number of sulfone groups is 1. The van der Waals surface area contributed by atoms with Crippen molar-refractivity contribution in [3.63, 3.8) is 0 Å². The molecule has 1 saturated heterocycles. The number of aryl methyl sites for hydroxylation is 1. The molecule has 2 fully saturated rings. The molecule has 34 heavy (non-hydrogen) atoms. The number of rotatable bonds is 7. The third-order valence-corrected chi connectivity index (χ3v) is 11.6. The monoisotopic (exact) mass is 504 g/mol. The number of benzene rings is 1. The second-order valence-corrected chi connectivity index (χ2v) is 13.3. The lowest BCUT2D eigenvalue weighted by Gasteiger charge is -2.31. The smallest absolute Gasteiger partial charge is 0.245 e. The molecule has 2 heterocycles. The summed E-state index contributed by atoms with van der Waals surface area (Å²) in [5, 5.41) is 9.27. The number of nitrogens with one attached hydrogen (secondary N) is 1. The van der Waals surface area contributed by atoms with E-state index in [1.165, 1.54) is 49.0 Å². The quantitative estimate of drug-likeness (QED) is 0.419. The van der Waals surface area contributed by atoms with Crippen LogP contribution in [0, 0.1) is 5.92 Å². The van der Waals surface area contributed by atoms with Gasteiger partial charge >= 0.3 is 0 Å². The molecule has 186 valence electrons. The van der Waals surface area contributed by atoms with Gasteiger partial charge in [-0.05, 0) is 54.9 Å². The third kappa shape index (κ3) is 5.40. The predicted molar refractivity (Wildman–Crippen MR) is 137 cm³/mol. The molecule has 0 bridgehead atoms. The van der Waals surface area contributed by atoms with Gasteiger partial charge in [0, 0.05) is 29.4 Å². The van der Waals surface area contributed by atoms with Crippen molar-refractivity contribution in [1.29, 1.82) is 0 Å². The van der Waals surface area contributed by atoms with Gasteiger partial charge in [-0.25, -0.2) is 13.9 Å². The van der Waals surface area contributed by atoms with Crippen molar-refractivity contribution in [3.05, 3.63) is 46.8 Å². The van der Waals surface area contributed by atoms with Crippen LogP contribution in [0.2, 0.25) is 0 Å². The maximum absolute atomic E-state index is 13.8. The van der Waals surface area contributed by atoms with Crippen LogP contribution < -0.4 is 5.48 Å². The summed E-state index contributed by atoms with van der Waals surface area (Å²) < 4.78 is 26.2. The number of carbonyl (C=O) groups is 1. The highest BCUT2D eigenvalue weighted by atomic mass is 32.2. The van der Waals surface area contributed by atoms with Crippen LogP contribution in [0.15, 0.2) is 36.4 Å². The third-order valence-electron chi connectivity index (χ3n) is 7.62. The number of hydrogen-bond acceptors (Lipinski definition) is 6. The molecule has 1 aromatic carbocycles. The van der Waals surface area contributed by atoms with E-state index in [2.05, 4.69) is 36.1 Å². The Kier molecular flexibility index (Phi) is 8.12. The highest BCUT2D eigenvalue weighted by molar-refractivity contribution is 7.92. The van der Waals surface area contributed by atoms with Crippen LogP contribution in [-0.2, 0) is 25.8 Å². The topological polar surface area (TPSA) is 86.7 Å². The van der Waals surface area contributed by atoms with E-state index in [9.17, 15) is 18.4 Å². The summed E-state index contributed by atoms with van der Waals surface area (Å²) in [6.07, 6.45) is 7.29. The molecule has 2 aliphatic rings. The van der Waals surface area contributed by atoms with E-state index in [1.807, 2.05) is 12.1 Å². The summed E-state index contributed by atoms with van der Waals surface area (Å²) in [6, 6.07) is 12.1. The van der Waals surface area contributed by atoms with Crippen LogP contribution in [-0.4, -0.2) is 49.8 Å². The lowest BCUT2D eigenvalue weighted by Crippen LogP contribution is -2.41. The van der Waals surface area contributed by atoms with Crippen LogP contribution in [0.25, 0.3) is 10.4 Å². The highest BCUT2D eigenvalue weighted by Gasteiger charge is 2.49. The molecule has 8 heteroatoms. The van der Waals surface area contributed by atoms with E-state index in [1.54, 1.807) is 5.48 Å². The first-order valence-electron chi connectivity index (χ1n) is 12.4. The van der Waals surface area contributed by atoms with E-state index >= 15 is 0 Å². The molecular formula is C26H36N2O4S2. The van der Waals surface area contributed by atoms with Crippen LogP contribution in [0.1, 0.15) is 62.3 Å². The van der Waals surface area contributed by atoms with Crippen LogP contribution in [0.4, 0.5) is 0 Å². The second-order valence-electron chi connectivity index (χ2n) is 9.79. The molecule has 1 aromatic heterocycles. The van der Waals surface area contributed by atoms with E-state index in [0.29, 0.717) is 30.3 Å². The molecule has 1 aliphatic heterocycles. The van der Waals surface area contributed by atoms with Gasteiger partial charge in [0.15, 0.2) is 9.84 Å². The van der Waals surface area contributed by atoms with Crippen molar-refractivity contribution >= 4 is 27.1 Å². The molecular weight excluding hydrogens is 468 g/mol. The average molecular weight is 505 g/mol. The molecule has 1 aliphatic carbocycles. The average Bonchev–Trinajstić information content (AvgIpc) is 3.31. The Balaban J connectivity index is 1.64. The molecule has 1 amide bonds. The Morgan fingerprint density at radius 2 is 1.85 bits per heavy atom. The van der Waals surface area contributed by atoms with Crippen LogP contribution in [0.3, 0.4) is 0 Å². The van der Waals surface area contributed by atoms with E-state index in [0.717, 1.165) is 23.4 Å². The van der Waals surface area contributed by atoms with E-state index in [-0.39, 0.29) is 12.2 Å². The minimum absolute atomic E-state index is 0.0247. The first kappa shape index (κ1) is 25.4. The molecule has 2 N–H and O–H groups in total. The maximum atomic E-state index is 13.8. The molecule has 1 atom stereocenters. The molecule has 0 unspecified atom stereocenters. The van der Waals surface area contributed by atoms with Crippen molar-refractivity contribution in [1.82, 2.24) is 10.4 Å². The van der Waals surface area contributed by atoms with Gasteiger partial charge in [0.25, 0.3) is 0 Å². The number of nitrogens with zero attached hydrogens (tertiary/aromatic N) is 1. The zero-order valence-corrected chi connectivity index (χ0v) is 21.6. The maximum Gasteiger partial charge on any atom is 0.245 e. The summed E-state index contributed by atoms with van der Waals surface area (Å²) in [7, 11) is -3.64. The SMILES string of the molecule is CCc1ccc(-c2ccc([C@@]3(CC(=O)NO)CCN(CC4CCCCC4)CCS3(=O)=O)s2)cc1. The summed E-state index contributed by atoms with van der Waals surface area (Å²) in [5.74, 6) is -0.00711. The molecule has 0 spiro atoms. The van der Waals surface area contributed by atoms with Gasteiger partial charge in [0.1, 0.15) is 4.75 Å². The first-order chi connectivity index (χ1) is 16.4. The molecule has 0 radical (unpaired) electrons. The predicted octanol–water partition coefficient (Wildman–Crippen LogP) is 4.77. The lowest BCUT2D eigenvalue weighted by molar-refractivity contribution is -0.130. The molecule has 4 rings (SSSR count). The van der Waals surface area contributed by atoms with Crippen molar-refractivity contribution in [2.24, 2.45) is 5.92 Å². The number of hydrogen-bond donors (Lipinski definition) is 2. The Labute approximate surface area is 207 Å². The van der Waals surface area contributed by atoms with E-state index < -0.39 is 20.5 Å². The number of amides is 1. The molecule has 2 aromatic rings. The van der Waals surface area contributed by atoms with E-state index in [4.69, 9.17) is 0 Å². The second kappa shape index (κ2) is 10.9. The Hall–Kier alpha value is -1.74. The van der Waals surface area contributed by atoms with Gasteiger partial charge in [-0.3, -0.25) is 10.0 Å². The zero-order valence-electron chi connectivity index (χ0n) is 20.0. The fourth-order valence-corrected chi connectivity index (χ4v) is 9.12. The van der Waals surface area contributed by atoms with Crippen LogP contribution in [0.5, 0.6) is 0 Å². The van der Waals surface area contributed by atoms with Gasteiger partial charge in [0.05, 0.1) is 12.2 Å². The highest BCUT2D eigenvalue weighted by Crippen LogP contribution is 2.45. The normalized spacial score (nSPS) is 23.9. The Morgan fingerprint density at radius 3 is 2.53 bits per heavy atom. The van der Waals surface area contributed by atoms with Gasteiger partial charge in [-0.2, -0.15) is 0 Å². The standard InChI is InChI=1S/C26H36N2O4S2/c1-2-20-8-10-22(11-9-20)23-12-13-24(33-23)26(18-25(29)27-30)14-15-28(16-17-34(26,31)32)19-21-6-4-3-5-7-21/h8-13,21,30H,2-7,14-19H2,1H3,(H,27,29)/t26-/m0/s1. The summed E-state index contributed by atoms with van der Waals surface area (Å²) in [6.45, 7) is 4.17. The fraction of sp³-hybridized carbons (Fsp3) is 0.577. The van der Waals surface area contributed by atoms with Gasteiger partial charge in [-0.15, -0.1) is 11.3 Å². The summed E-state index contributed by atoms with van der Waals surface area (Å²) >= 11 is 1.45. The minimum Gasteiger partial charge on any atom is -0.302 e. The van der Waals surface area contributed by atoms with Crippen molar-refractivity contribution in [2.45, 2.75) is 63.0 Å². The van der Waals surface area contributed by atoms with Gasteiger partial charge in [0.2, 0.25) is 5.91 Å². The molecule has 6 nitrogen and oxygen atoms in total. The zero-order chi connectivity index (χ0) is 24.2. The van der Waals surface area contributed by atoms with Crippen molar-refractivity contribution in [2.75, 3.05) is 25.4 Å². The largest absolute Gasteiger partial charge is 0.302 e. The summed E-state index contributed by atoms with van der Waals surface area (Å²) in [5.41, 5.74) is 3.97. The Morgan fingerprint density at radius 1 is 1.12 bits per heavy atom. The number of thiophene rings is 1. The number of hydroxylamine groups is 1. The van der Waals surface area contributed by atoms with Gasteiger partial charge < -0.3 is 4.90 Å². The van der Waals surface area contributed by atoms with Gasteiger partial charge in [-0.1, -0.05) is 50.5 Å². The minimum atomic E-state index is -3.64.